The predicted molar refractivity (Wildman–Crippen MR) is 60.5 cm³/mol. The number of carboxylic acid groups (broad SMARTS) is 1. The lowest BCUT2D eigenvalue weighted by Crippen LogP contribution is -2.18. The van der Waals surface area contributed by atoms with Gasteiger partial charge in [0.05, 0.1) is 5.52 Å². The Labute approximate surface area is 95.9 Å². The van der Waals surface area contributed by atoms with Gasteiger partial charge in [0, 0.05) is 17.6 Å². The number of carboxylic acids is 1. The van der Waals surface area contributed by atoms with E-state index in [1.165, 1.54) is 35.9 Å². The summed E-state index contributed by atoms with van der Waals surface area (Å²) >= 11 is 0. The highest BCUT2D eigenvalue weighted by molar-refractivity contribution is 5.81. The molecular formula is C12H10FNO3. The fourth-order valence-electron chi connectivity index (χ4n) is 1.70. The highest BCUT2D eigenvalue weighted by atomic mass is 19.1. The molecule has 2 rings (SSSR count). The van der Waals surface area contributed by atoms with E-state index in [1.807, 2.05) is 0 Å². The zero-order chi connectivity index (χ0) is 12.6. The van der Waals surface area contributed by atoms with Gasteiger partial charge in [-0.2, -0.15) is 0 Å². The van der Waals surface area contributed by atoms with Gasteiger partial charge >= 0.3 is 5.97 Å². The van der Waals surface area contributed by atoms with Crippen LogP contribution in [0.1, 0.15) is 13.0 Å². The van der Waals surface area contributed by atoms with Crippen LogP contribution in [0.3, 0.4) is 0 Å². The van der Waals surface area contributed by atoms with Crippen LogP contribution in [0.5, 0.6) is 0 Å². The van der Waals surface area contributed by atoms with Gasteiger partial charge in [0.25, 0.3) is 0 Å². The molecule has 1 aromatic heterocycles. The quantitative estimate of drug-likeness (QED) is 0.863. The molecule has 1 unspecified atom stereocenters. The maximum atomic E-state index is 13.2. The van der Waals surface area contributed by atoms with Crippen LogP contribution < -0.4 is 5.43 Å². The minimum atomic E-state index is -1.04. The fourth-order valence-corrected chi connectivity index (χ4v) is 1.70. The Kier molecular flexibility index (Phi) is 2.67. The van der Waals surface area contributed by atoms with Crippen molar-refractivity contribution in [3.8, 4) is 0 Å². The lowest BCUT2D eigenvalue weighted by molar-refractivity contribution is -0.140. The van der Waals surface area contributed by atoms with Crippen LogP contribution in [0.4, 0.5) is 4.39 Å². The Bertz CT molecular complexity index is 648. The second-order valence-corrected chi connectivity index (χ2v) is 3.76. The van der Waals surface area contributed by atoms with Crippen LogP contribution in [0.25, 0.3) is 10.9 Å². The molecule has 17 heavy (non-hydrogen) atoms. The van der Waals surface area contributed by atoms with E-state index < -0.39 is 17.8 Å². The molecule has 0 saturated carbocycles. The first-order valence-corrected chi connectivity index (χ1v) is 5.04. The van der Waals surface area contributed by atoms with E-state index >= 15 is 0 Å². The van der Waals surface area contributed by atoms with Crippen LogP contribution in [0, 0.1) is 5.82 Å². The molecule has 5 heteroatoms. The van der Waals surface area contributed by atoms with Crippen molar-refractivity contribution in [2.45, 2.75) is 13.0 Å². The molecule has 0 amide bonds. The summed E-state index contributed by atoms with van der Waals surface area (Å²) < 4.78 is 14.5. The molecule has 4 nitrogen and oxygen atoms in total. The van der Waals surface area contributed by atoms with Crippen molar-refractivity contribution in [1.82, 2.24) is 4.57 Å². The molecule has 0 aliphatic carbocycles. The number of benzene rings is 1. The molecule has 0 spiro atoms. The van der Waals surface area contributed by atoms with Crippen molar-refractivity contribution < 1.29 is 14.3 Å². The Morgan fingerprint density at radius 2 is 2.12 bits per heavy atom. The van der Waals surface area contributed by atoms with Gasteiger partial charge in [0.1, 0.15) is 11.9 Å². The lowest BCUT2D eigenvalue weighted by atomic mass is 10.2. The number of hydrogen-bond acceptors (Lipinski definition) is 2. The van der Waals surface area contributed by atoms with E-state index in [1.54, 1.807) is 0 Å². The number of hydrogen-bond donors (Lipinski definition) is 1. The molecule has 1 aromatic carbocycles. The highest BCUT2D eigenvalue weighted by Gasteiger charge is 2.15. The summed E-state index contributed by atoms with van der Waals surface area (Å²) in [5.41, 5.74) is 0.0289. The maximum Gasteiger partial charge on any atom is 0.326 e. The number of halogens is 1. The van der Waals surface area contributed by atoms with Gasteiger partial charge in [-0.3, -0.25) is 4.79 Å². The number of aromatic nitrogens is 1. The molecule has 1 heterocycles. The van der Waals surface area contributed by atoms with Crippen LogP contribution in [0.15, 0.2) is 35.3 Å². The van der Waals surface area contributed by atoms with Gasteiger partial charge in [0.2, 0.25) is 0 Å². The van der Waals surface area contributed by atoms with Gasteiger partial charge in [-0.05, 0) is 25.1 Å². The molecule has 0 fully saturated rings. The summed E-state index contributed by atoms with van der Waals surface area (Å²) in [5.74, 6) is -1.55. The molecule has 88 valence electrons. The summed E-state index contributed by atoms with van der Waals surface area (Å²) in [5, 5.41) is 9.25. The monoisotopic (exact) mass is 235 g/mol. The van der Waals surface area contributed by atoms with Crippen LogP contribution in [0.2, 0.25) is 0 Å². The average Bonchev–Trinajstić information content (AvgIpc) is 2.28. The summed E-state index contributed by atoms with van der Waals surface area (Å²) in [7, 11) is 0. The van der Waals surface area contributed by atoms with Crippen molar-refractivity contribution in [2.24, 2.45) is 0 Å². The molecular weight excluding hydrogens is 225 g/mol. The Morgan fingerprint density at radius 1 is 1.41 bits per heavy atom. The van der Waals surface area contributed by atoms with Gasteiger partial charge in [-0.15, -0.1) is 0 Å². The topological polar surface area (TPSA) is 59.3 Å². The third-order valence-electron chi connectivity index (χ3n) is 2.66. The Morgan fingerprint density at radius 3 is 2.76 bits per heavy atom. The first kappa shape index (κ1) is 11.3. The molecule has 0 aliphatic rings. The Hall–Kier alpha value is -2.17. The SMILES string of the molecule is CC(C(=O)O)n1ccc(=O)c2ccc(F)cc21. The second kappa shape index (κ2) is 4.01. The van der Waals surface area contributed by atoms with E-state index in [0.29, 0.717) is 5.39 Å². The predicted octanol–water partition coefficient (Wildman–Crippen LogP) is 1.79. The summed E-state index contributed by atoms with van der Waals surface area (Å²) in [6, 6.07) is 4.12. The third kappa shape index (κ3) is 1.91. The van der Waals surface area contributed by atoms with E-state index in [-0.39, 0.29) is 10.9 Å². The molecule has 1 N–H and O–H groups in total. The highest BCUT2D eigenvalue weighted by Crippen LogP contribution is 2.16. The van der Waals surface area contributed by atoms with Crippen molar-refractivity contribution >= 4 is 16.9 Å². The summed E-state index contributed by atoms with van der Waals surface area (Å²) in [6.45, 7) is 1.47. The van der Waals surface area contributed by atoms with Crippen LogP contribution in [-0.4, -0.2) is 15.6 Å². The Balaban J connectivity index is 2.81. The average molecular weight is 235 g/mol. The largest absolute Gasteiger partial charge is 0.480 e. The van der Waals surface area contributed by atoms with Gasteiger partial charge in [0.15, 0.2) is 5.43 Å². The van der Waals surface area contributed by atoms with Crippen molar-refractivity contribution in [3.63, 3.8) is 0 Å². The van der Waals surface area contributed by atoms with E-state index in [0.717, 1.165) is 6.07 Å². The first-order chi connectivity index (χ1) is 8.00. The number of carbonyl (C=O) groups is 1. The van der Waals surface area contributed by atoms with Gasteiger partial charge in [-0.25, -0.2) is 9.18 Å². The normalized spacial score (nSPS) is 12.6. The molecule has 0 radical (unpaired) electrons. The molecule has 1 atom stereocenters. The number of pyridine rings is 1. The van der Waals surface area contributed by atoms with E-state index in [9.17, 15) is 14.0 Å². The lowest BCUT2D eigenvalue weighted by Gasteiger charge is -2.14. The van der Waals surface area contributed by atoms with Crippen molar-refractivity contribution in [2.75, 3.05) is 0 Å². The van der Waals surface area contributed by atoms with Crippen molar-refractivity contribution in [1.29, 1.82) is 0 Å². The number of fused-ring (bicyclic) bond motifs is 1. The molecule has 0 aliphatic heterocycles. The number of nitrogens with zero attached hydrogens (tertiary/aromatic N) is 1. The smallest absolute Gasteiger partial charge is 0.326 e. The summed E-state index contributed by atoms with van der Waals surface area (Å²) in [4.78, 5) is 22.5. The minimum absolute atomic E-state index is 0.256. The van der Waals surface area contributed by atoms with Gasteiger partial charge in [-0.1, -0.05) is 0 Å². The summed E-state index contributed by atoms with van der Waals surface area (Å²) in [6.07, 6.45) is 1.36. The molecule has 0 saturated heterocycles. The maximum absolute atomic E-state index is 13.2. The fraction of sp³-hybridized carbons (Fsp3) is 0.167. The molecule has 0 bridgehead atoms. The number of rotatable bonds is 2. The van der Waals surface area contributed by atoms with Gasteiger partial charge < -0.3 is 9.67 Å². The second-order valence-electron chi connectivity index (χ2n) is 3.76. The zero-order valence-electron chi connectivity index (χ0n) is 9.05. The van der Waals surface area contributed by atoms with Crippen LogP contribution in [-0.2, 0) is 4.79 Å². The van der Waals surface area contributed by atoms with Crippen LogP contribution >= 0.6 is 0 Å². The zero-order valence-corrected chi connectivity index (χ0v) is 9.05. The first-order valence-electron chi connectivity index (χ1n) is 5.04. The van der Waals surface area contributed by atoms with Crippen molar-refractivity contribution in [3.05, 3.63) is 46.5 Å². The third-order valence-corrected chi connectivity index (χ3v) is 2.66. The van der Waals surface area contributed by atoms with E-state index in [4.69, 9.17) is 5.11 Å². The standard InChI is InChI=1S/C12H10FNO3/c1-7(12(16)17)14-5-4-11(15)9-3-2-8(13)6-10(9)14/h2-7H,1H3,(H,16,17). The van der Waals surface area contributed by atoms with E-state index in [2.05, 4.69) is 0 Å². The minimum Gasteiger partial charge on any atom is -0.480 e. The molecule has 2 aromatic rings. The number of aliphatic carboxylic acids is 1.